The van der Waals surface area contributed by atoms with E-state index in [9.17, 15) is 4.79 Å². The van der Waals surface area contributed by atoms with Crippen LogP contribution in [-0.4, -0.2) is 39.0 Å². The third-order valence-corrected chi connectivity index (χ3v) is 4.10. The Labute approximate surface area is 127 Å². The van der Waals surface area contributed by atoms with E-state index in [1.165, 1.54) is 4.90 Å². The van der Waals surface area contributed by atoms with E-state index in [4.69, 9.17) is 16.7 Å². The molecule has 3 rings (SSSR count). The molecule has 1 amide bonds. The Hall–Kier alpha value is -2.01. The van der Waals surface area contributed by atoms with Crippen LogP contribution in [0.1, 0.15) is 24.5 Å². The molecule has 0 radical (unpaired) electrons. The maximum Gasteiger partial charge on any atom is 0.407 e. The number of amides is 1. The Bertz CT molecular complexity index is 648. The van der Waals surface area contributed by atoms with Gasteiger partial charge in [-0.1, -0.05) is 17.7 Å². The number of halogens is 1. The van der Waals surface area contributed by atoms with Crippen molar-refractivity contribution in [2.75, 3.05) is 13.1 Å². The van der Waals surface area contributed by atoms with Crippen molar-refractivity contribution < 1.29 is 9.90 Å². The SMILES string of the molecule is O=C(O)N1CCC(c2ccn(-c3cccc(Cl)c3)n2)CC1. The van der Waals surface area contributed by atoms with Gasteiger partial charge in [0.25, 0.3) is 0 Å². The predicted octanol–water partition coefficient (Wildman–Crippen LogP) is 3.38. The van der Waals surface area contributed by atoms with Gasteiger partial charge in [-0.15, -0.1) is 0 Å². The van der Waals surface area contributed by atoms with E-state index >= 15 is 0 Å². The summed E-state index contributed by atoms with van der Waals surface area (Å²) in [7, 11) is 0. The summed E-state index contributed by atoms with van der Waals surface area (Å²) >= 11 is 5.99. The zero-order chi connectivity index (χ0) is 14.8. The quantitative estimate of drug-likeness (QED) is 0.925. The fraction of sp³-hybridized carbons (Fsp3) is 0.333. The Balaban J connectivity index is 1.73. The number of hydrogen-bond acceptors (Lipinski definition) is 2. The van der Waals surface area contributed by atoms with Crippen LogP contribution in [0.3, 0.4) is 0 Å². The van der Waals surface area contributed by atoms with Crippen LogP contribution in [0.2, 0.25) is 5.02 Å². The van der Waals surface area contributed by atoms with E-state index < -0.39 is 6.09 Å². The van der Waals surface area contributed by atoms with Crippen molar-refractivity contribution in [3.05, 3.63) is 47.2 Å². The molecule has 5 nitrogen and oxygen atoms in total. The average molecular weight is 306 g/mol. The zero-order valence-electron chi connectivity index (χ0n) is 11.4. The molecule has 1 aromatic carbocycles. The fourth-order valence-electron chi connectivity index (χ4n) is 2.68. The minimum atomic E-state index is -0.835. The molecule has 0 bridgehead atoms. The molecule has 1 aliphatic rings. The first-order valence-electron chi connectivity index (χ1n) is 6.93. The van der Waals surface area contributed by atoms with Gasteiger partial charge in [-0.05, 0) is 37.1 Å². The number of aromatic nitrogens is 2. The molecule has 2 aromatic rings. The predicted molar refractivity (Wildman–Crippen MR) is 80.1 cm³/mol. The highest BCUT2D eigenvalue weighted by Gasteiger charge is 2.24. The lowest BCUT2D eigenvalue weighted by molar-refractivity contribution is 0.131. The van der Waals surface area contributed by atoms with Crippen LogP contribution >= 0.6 is 11.6 Å². The second-order valence-corrected chi connectivity index (χ2v) is 5.65. The minimum Gasteiger partial charge on any atom is -0.465 e. The van der Waals surface area contributed by atoms with E-state index in [1.807, 2.05) is 41.2 Å². The number of piperidine rings is 1. The normalized spacial score (nSPS) is 16.1. The third kappa shape index (κ3) is 3.03. The standard InChI is InChI=1S/C15H16ClN3O2/c16-12-2-1-3-13(10-12)19-9-6-14(17-19)11-4-7-18(8-5-11)15(20)21/h1-3,6,9-11H,4-5,7-8H2,(H,20,21). The van der Waals surface area contributed by atoms with E-state index in [2.05, 4.69) is 5.10 Å². The van der Waals surface area contributed by atoms with Gasteiger partial charge in [-0.3, -0.25) is 0 Å². The Morgan fingerprint density at radius 2 is 2.05 bits per heavy atom. The smallest absolute Gasteiger partial charge is 0.407 e. The first-order chi connectivity index (χ1) is 10.1. The summed E-state index contributed by atoms with van der Waals surface area (Å²) in [6, 6.07) is 9.55. The first-order valence-corrected chi connectivity index (χ1v) is 7.30. The molecule has 21 heavy (non-hydrogen) atoms. The summed E-state index contributed by atoms with van der Waals surface area (Å²) in [5.74, 6) is 0.320. The minimum absolute atomic E-state index is 0.320. The van der Waals surface area contributed by atoms with Crippen molar-refractivity contribution >= 4 is 17.7 Å². The summed E-state index contributed by atoms with van der Waals surface area (Å²) in [6.07, 6.45) is 2.72. The van der Waals surface area contributed by atoms with Crippen LogP contribution in [0.15, 0.2) is 36.5 Å². The summed E-state index contributed by atoms with van der Waals surface area (Å²) in [5.41, 5.74) is 1.94. The summed E-state index contributed by atoms with van der Waals surface area (Å²) in [5, 5.41) is 14.3. The summed E-state index contributed by atoms with van der Waals surface area (Å²) in [4.78, 5) is 12.4. The monoisotopic (exact) mass is 305 g/mol. The molecule has 0 unspecified atom stereocenters. The molecule has 0 atom stereocenters. The maximum atomic E-state index is 10.9. The number of nitrogens with zero attached hydrogens (tertiary/aromatic N) is 3. The molecule has 1 N–H and O–H groups in total. The molecule has 2 heterocycles. The molecule has 1 aliphatic heterocycles. The maximum absolute atomic E-state index is 10.9. The lowest BCUT2D eigenvalue weighted by Gasteiger charge is -2.28. The van der Waals surface area contributed by atoms with Gasteiger partial charge < -0.3 is 10.0 Å². The molecular formula is C15H16ClN3O2. The molecule has 1 aromatic heterocycles. The van der Waals surface area contributed by atoms with Gasteiger partial charge in [-0.25, -0.2) is 9.48 Å². The van der Waals surface area contributed by atoms with Crippen molar-refractivity contribution in [1.29, 1.82) is 0 Å². The van der Waals surface area contributed by atoms with E-state index in [-0.39, 0.29) is 0 Å². The van der Waals surface area contributed by atoms with Gasteiger partial charge in [0.15, 0.2) is 0 Å². The van der Waals surface area contributed by atoms with Crippen molar-refractivity contribution in [3.63, 3.8) is 0 Å². The lowest BCUT2D eigenvalue weighted by atomic mass is 9.94. The van der Waals surface area contributed by atoms with Crippen molar-refractivity contribution in [1.82, 2.24) is 14.7 Å². The van der Waals surface area contributed by atoms with E-state index in [0.717, 1.165) is 24.2 Å². The van der Waals surface area contributed by atoms with Gasteiger partial charge in [0.1, 0.15) is 0 Å². The largest absolute Gasteiger partial charge is 0.465 e. The average Bonchev–Trinajstić information content (AvgIpc) is 2.97. The van der Waals surface area contributed by atoms with Gasteiger partial charge in [0, 0.05) is 30.2 Å². The highest BCUT2D eigenvalue weighted by atomic mass is 35.5. The molecular weight excluding hydrogens is 290 g/mol. The van der Waals surface area contributed by atoms with Crippen molar-refractivity contribution in [2.45, 2.75) is 18.8 Å². The van der Waals surface area contributed by atoms with Crippen LogP contribution in [0.25, 0.3) is 5.69 Å². The number of carbonyl (C=O) groups is 1. The van der Waals surface area contributed by atoms with Crippen LogP contribution in [0.4, 0.5) is 4.79 Å². The molecule has 0 saturated carbocycles. The topological polar surface area (TPSA) is 58.4 Å². The van der Waals surface area contributed by atoms with E-state index in [0.29, 0.717) is 24.0 Å². The Morgan fingerprint density at radius 1 is 1.29 bits per heavy atom. The molecule has 1 fully saturated rings. The van der Waals surface area contributed by atoms with Crippen molar-refractivity contribution in [3.8, 4) is 5.69 Å². The van der Waals surface area contributed by atoms with Gasteiger partial charge in [0.05, 0.1) is 11.4 Å². The summed E-state index contributed by atoms with van der Waals surface area (Å²) < 4.78 is 1.81. The Morgan fingerprint density at radius 3 is 2.71 bits per heavy atom. The van der Waals surface area contributed by atoms with Crippen LogP contribution in [0, 0.1) is 0 Å². The van der Waals surface area contributed by atoms with Gasteiger partial charge in [0.2, 0.25) is 0 Å². The van der Waals surface area contributed by atoms with Crippen molar-refractivity contribution in [2.24, 2.45) is 0 Å². The number of carboxylic acid groups (broad SMARTS) is 1. The number of likely N-dealkylation sites (tertiary alicyclic amines) is 1. The fourth-order valence-corrected chi connectivity index (χ4v) is 2.87. The van der Waals surface area contributed by atoms with Gasteiger partial charge >= 0.3 is 6.09 Å². The molecule has 0 spiro atoms. The second kappa shape index (κ2) is 5.77. The summed E-state index contributed by atoms with van der Waals surface area (Å²) in [6.45, 7) is 1.15. The number of benzene rings is 1. The highest BCUT2D eigenvalue weighted by Crippen LogP contribution is 2.27. The molecule has 1 saturated heterocycles. The molecule has 6 heteroatoms. The van der Waals surface area contributed by atoms with Crippen LogP contribution in [0.5, 0.6) is 0 Å². The highest BCUT2D eigenvalue weighted by molar-refractivity contribution is 6.30. The second-order valence-electron chi connectivity index (χ2n) is 5.21. The first kappa shape index (κ1) is 13.9. The number of rotatable bonds is 2. The van der Waals surface area contributed by atoms with Crippen LogP contribution in [-0.2, 0) is 0 Å². The molecule has 0 aliphatic carbocycles. The number of hydrogen-bond donors (Lipinski definition) is 1. The lowest BCUT2D eigenvalue weighted by Crippen LogP contribution is -2.36. The molecule has 110 valence electrons. The van der Waals surface area contributed by atoms with Gasteiger partial charge in [-0.2, -0.15) is 5.10 Å². The Kier molecular flexibility index (Phi) is 3.84. The third-order valence-electron chi connectivity index (χ3n) is 3.87. The van der Waals surface area contributed by atoms with Crippen LogP contribution < -0.4 is 0 Å². The zero-order valence-corrected chi connectivity index (χ0v) is 12.2. The van der Waals surface area contributed by atoms with E-state index in [1.54, 1.807) is 0 Å².